The number of nitrogens with zero attached hydrogens (tertiary/aromatic N) is 8. The SMILES string of the molecule is CCN1Cc2c(c(OCC=NC)nn2CCO)/C=C/c2n[nH]c3cnc(cc23)-c2c(C)nn(C)c2O[C@H](C)C1. The number of aliphatic hydroxyl groups excluding tert-OH is 1. The van der Waals surface area contributed by atoms with Crippen molar-refractivity contribution >= 4 is 29.3 Å². The van der Waals surface area contributed by atoms with Crippen LogP contribution in [0.2, 0.25) is 0 Å². The van der Waals surface area contributed by atoms with Gasteiger partial charge in [-0.1, -0.05) is 6.92 Å². The van der Waals surface area contributed by atoms with Gasteiger partial charge in [-0.3, -0.25) is 24.7 Å². The lowest BCUT2D eigenvalue weighted by molar-refractivity contribution is 0.133. The number of pyridine rings is 1. The average Bonchev–Trinajstić information content (AvgIpc) is 3.55. The molecule has 0 fully saturated rings. The molecule has 5 rings (SSSR count). The lowest BCUT2D eigenvalue weighted by Gasteiger charge is -2.25. The number of H-pyrrole nitrogens is 1. The zero-order chi connectivity index (χ0) is 27.5. The van der Waals surface area contributed by atoms with E-state index in [1.165, 1.54) is 0 Å². The van der Waals surface area contributed by atoms with Crippen LogP contribution >= 0.6 is 0 Å². The molecule has 0 amide bonds. The van der Waals surface area contributed by atoms with Crippen LogP contribution in [-0.4, -0.2) is 90.4 Å². The molecule has 2 N–H and O–H groups in total. The number of ether oxygens (including phenoxy) is 2. The van der Waals surface area contributed by atoms with Crippen LogP contribution in [-0.2, 0) is 20.1 Å². The number of aliphatic imine (C=N–C) groups is 1. The highest BCUT2D eigenvalue weighted by Crippen LogP contribution is 2.35. The number of nitrogens with one attached hydrogen (secondary N) is 1. The summed E-state index contributed by atoms with van der Waals surface area (Å²) in [5.74, 6) is 1.16. The Balaban J connectivity index is 1.69. The second-order valence-corrected chi connectivity index (χ2v) is 9.57. The Labute approximate surface area is 227 Å². The van der Waals surface area contributed by atoms with E-state index in [1.807, 2.05) is 36.9 Å². The summed E-state index contributed by atoms with van der Waals surface area (Å²) in [6.45, 7) is 8.79. The van der Waals surface area contributed by atoms with E-state index in [2.05, 4.69) is 39.0 Å². The first-order valence-electron chi connectivity index (χ1n) is 13.1. The molecule has 0 aliphatic carbocycles. The van der Waals surface area contributed by atoms with Crippen LogP contribution < -0.4 is 9.47 Å². The van der Waals surface area contributed by atoms with Crippen molar-refractivity contribution in [2.45, 2.75) is 40.0 Å². The highest BCUT2D eigenvalue weighted by Gasteiger charge is 2.24. The molecule has 1 atom stereocenters. The monoisotopic (exact) mass is 533 g/mol. The topological polar surface area (TPSA) is 132 Å². The van der Waals surface area contributed by atoms with Gasteiger partial charge in [0.1, 0.15) is 12.7 Å². The molecular weight excluding hydrogens is 498 g/mol. The predicted molar refractivity (Wildman–Crippen MR) is 150 cm³/mol. The van der Waals surface area contributed by atoms with Crippen molar-refractivity contribution in [3.05, 3.63) is 34.9 Å². The number of fused-ring (bicyclic) bond motifs is 4. The maximum absolute atomic E-state index is 9.79. The molecule has 4 aromatic heterocycles. The zero-order valence-corrected chi connectivity index (χ0v) is 23.0. The van der Waals surface area contributed by atoms with E-state index in [1.54, 1.807) is 24.1 Å². The maximum atomic E-state index is 9.79. The number of hydrogen-bond acceptors (Lipinski definition) is 9. The molecule has 0 radical (unpaired) electrons. The first kappa shape index (κ1) is 26.6. The number of aliphatic hydroxyl groups is 1. The molecule has 4 aromatic rings. The summed E-state index contributed by atoms with van der Waals surface area (Å²) >= 11 is 0. The Bertz CT molecular complexity index is 1510. The van der Waals surface area contributed by atoms with Crippen LogP contribution in [0.3, 0.4) is 0 Å². The van der Waals surface area contributed by atoms with Crippen LogP contribution in [0.4, 0.5) is 0 Å². The van der Waals surface area contributed by atoms with Crippen molar-refractivity contribution in [3.63, 3.8) is 0 Å². The molecule has 0 saturated heterocycles. The van der Waals surface area contributed by atoms with Gasteiger partial charge in [-0.15, -0.1) is 5.10 Å². The van der Waals surface area contributed by atoms with Gasteiger partial charge in [0, 0.05) is 38.8 Å². The van der Waals surface area contributed by atoms with Gasteiger partial charge in [-0.25, -0.2) is 4.68 Å². The minimum Gasteiger partial charge on any atom is -0.473 e. The van der Waals surface area contributed by atoms with Crippen molar-refractivity contribution < 1.29 is 14.6 Å². The van der Waals surface area contributed by atoms with E-state index >= 15 is 0 Å². The number of aromatic nitrogens is 7. The third kappa shape index (κ3) is 5.30. The van der Waals surface area contributed by atoms with Crippen molar-refractivity contribution in [1.29, 1.82) is 0 Å². The maximum Gasteiger partial charge on any atom is 0.240 e. The van der Waals surface area contributed by atoms with Gasteiger partial charge < -0.3 is 14.6 Å². The van der Waals surface area contributed by atoms with Crippen LogP contribution in [0.5, 0.6) is 11.8 Å². The van der Waals surface area contributed by atoms with Crippen LogP contribution in [0.1, 0.15) is 36.5 Å². The number of hydrogen-bond donors (Lipinski definition) is 2. The number of rotatable bonds is 6. The minimum atomic E-state index is -0.137. The van der Waals surface area contributed by atoms with Crippen LogP contribution in [0.25, 0.3) is 34.3 Å². The molecular formula is C27H35N9O3. The van der Waals surface area contributed by atoms with Crippen LogP contribution in [0.15, 0.2) is 17.3 Å². The first-order valence-corrected chi connectivity index (χ1v) is 13.1. The van der Waals surface area contributed by atoms with Crippen molar-refractivity contribution in [2.24, 2.45) is 12.0 Å². The Kier molecular flexibility index (Phi) is 7.75. The summed E-state index contributed by atoms with van der Waals surface area (Å²) in [5.41, 5.74) is 5.84. The van der Waals surface area contributed by atoms with Crippen molar-refractivity contribution in [2.75, 3.05) is 33.4 Å². The summed E-state index contributed by atoms with van der Waals surface area (Å²) in [5, 5.41) is 27.7. The van der Waals surface area contributed by atoms with Gasteiger partial charge in [-0.2, -0.15) is 10.2 Å². The highest BCUT2D eigenvalue weighted by molar-refractivity contribution is 5.92. The lowest BCUT2D eigenvalue weighted by Crippen LogP contribution is -2.34. The standard InChI is InChI=1S/C27H35N9O3/c1-6-35-15-17(2)39-27-25(18(3)32-34(27)5)22-13-20-21(30-31-23(20)14-29-22)8-7-19-24(16-35)36(10-11-37)33-26(19)38-12-9-28-4/h7-9,13-14,17,37H,6,10-12,15-16H2,1-5H3,(H,30,31)/b8-7+,28-9?/t17-/m1/s1. The summed E-state index contributed by atoms with van der Waals surface area (Å²) in [6, 6.07) is 2.02. The molecule has 12 heteroatoms. The summed E-state index contributed by atoms with van der Waals surface area (Å²) in [6.07, 6.45) is 7.28. The predicted octanol–water partition coefficient (Wildman–Crippen LogP) is 2.71. The molecule has 39 heavy (non-hydrogen) atoms. The first-order chi connectivity index (χ1) is 18.9. The fraction of sp³-hybridized carbons (Fsp3) is 0.444. The quantitative estimate of drug-likeness (QED) is 0.362. The molecule has 1 aliphatic rings. The number of aryl methyl sites for hydroxylation is 2. The fourth-order valence-corrected chi connectivity index (χ4v) is 4.94. The molecule has 5 heterocycles. The average molecular weight is 534 g/mol. The number of likely N-dealkylation sites (N-methyl/N-ethyl adjacent to an activating group) is 1. The molecule has 206 valence electrons. The highest BCUT2D eigenvalue weighted by atomic mass is 16.5. The van der Waals surface area contributed by atoms with Crippen molar-refractivity contribution in [3.8, 4) is 23.0 Å². The van der Waals surface area contributed by atoms with Gasteiger partial charge in [-0.05, 0) is 38.6 Å². The Morgan fingerprint density at radius 1 is 1.31 bits per heavy atom. The van der Waals surface area contributed by atoms with Gasteiger partial charge in [0.2, 0.25) is 11.8 Å². The third-order valence-corrected chi connectivity index (χ3v) is 6.81. The Morgan fingerprint density at radius 3 is 2.92 bits per heavy atom. The summed E-state index contributed by atoms with van der Waals surface area (Å²) < 4.78 is 16.1. The molecule has 12 nitrogen and oxygen atoms in total. The van der Waals surface area contributed by atoms with Crippen LogP contribution in [0, 0.1) is 6.92 Å². The minimum absolute atomic E-state index is 0.0400. The van der Waals surface area contributed by atoms with E-state index < -0.39 is 0 Å². The summed E-state index contributed by atoms with van der Waals surface area (Å²) in [7, 11) is 3.59. The largest absolute Gasteiger partial charge is 0.473 e. The van der Waals surface area contributed by atoms with Crippen molar-refractivity contribution in [1.82, 2.24) is 39.6 Å². The smallest absolute Gasteiger partial charge is 0.240 e. The molecule has 1 aliphatic heterocycles. The van der Waals surface area contributed by atoms with Gasteiger partial charge in [0.25, 0.3) is 0 Å². The van der Waals surface area contributed by atoms with E-state index in [-0.39, 0.29) is 12.7 Å². The Morgan fingerprint density at radius 2 is 2.15 bits per heavy atom. The molecule has 0 aromatic carbocycles. The molecule has 2 bridgehead atoms. The summed E-state index contributed by atoms with van der Waals surface area (Å²) in [4.78, 5) is 11.0. The lowest BCUT2D eigenvalue weighted by atomic mass is 10.1. The van der Waals surface area contributed by atoms with Gasteiger partial charge in [0.05, 0.1) is 58.8 Å². The second-order valence-electron chi connectivity index (χ2n) is 9.57. The van der Waals surface area contributed by atoms with E-state index in [0.29, 0.717) is 38.0 Å². The fourth-order valence-electron chi connectivity index (χ4n) is 4.94. The van der Waals surface area contributed by atoms with E-state index in [0.717, 1.165) is 51.4 Å². The van der Waals surface area contributed by atoms with Gasteiger partial charge in [0.15, 0.2) is 0 Å². The third-order valence-electron chi connectivity index (χ3n) is 6.81. The molecule has 0 unspecified atom stereocenters. The Hall–Kier alpha value is -4.03. The molecule has 0 saturated carbocycles. The second kappa shape index (κ2) is 11.4. The zero-order valence-electron chi connectivity index (χ0n) is 23.0. The van der Waals surface area contributed by atoms with E-state index in [4.69, 9.17) is 19.6 Å². The normalized spacial score (nSPS) is 17.1. The van der Waals surface area contributed by atoms with E-state index in [9.17, 15) is 5.11 Å². The number of aromatic amines is 1. The molecule has 0 spiro atoms. The van der Waals surface area contributed by atoms with Gasteiger partial charge >= 0.3 is 0 Å².